The fourth-order valence-corrected chi connectivity index (χ4v) is 15.4. The molecule has 13 rings (SSSR count). The molecular weight excluding hydrogens is 829 g/mol. The van der Waals surface area contributed by atoms with Crippen molar-refractivity contribution >= 4 is 83.5 Å². The Labute approximate surface area is 389 Å². The van der Waals surface area contributed by atoms with Gasteiger partial charge in [0.15, 0.2) is 13.9 Å². The third-order valence-corrected chi connectivity index (χ3v) is 18.4. The van der Waals surface area contributed by atoms with Crippen molar-refractivity contribution < 1.29 is 0 Å². The Bertz CT molecular complexity index is 3860. The lowest BCUT2D eigenvalue weighted by Gasteiger charge is -2.34. The van der Waals surface area contributed by atoms with Gasteiger partial charge in [0, 0.05) is 32.8 Å². The molecular formula is C62H42N4Si. The first-order chi connectivity index (χ1) is 33.2. The average Bonchev–Trinajstić information content (AvgIpc) is 3.92. The Balaban J connectivity index is 1.12. The van der Waals surface area contributed by atoms with E-state index in [1.807, 2.05) is 12.1 Å². The number of aromatic nitrogens is 4. The van der Waals surface area contributed by atoms with Crippen molar-refractivity contribution in [2.45, 2.75) is 0 Å². The Morgan fingerprint density at radius 3 is 1.31 bits per heavy atom. The molecule has 314 valence electrons. The molecule has 5 heteroatoms. The molecule has 0 radical (unpaired) electrons. The second-order valence-electron chi connectivity index (χ2n) is 17.3. The summed E-state index contributed by atoms with van der Waals surface area (Å²) < 4.78 is 4.73. The van der Waals surface area contributed by atoms with Crippen LogP contribution in [0, 0.1) is 0 Å². The third kappa shape index (κ3) is 6.20. The minimum absolute atomic E-state index is 0.804. The second-order valence-corrected chi connectivity index (χ2v) is 21.1. The van der Waals surface area contributed by atoms with Crippen LogP contribution in [0.5, 0.6) is 0 Å². The summed E-state index contributed by atoms with van der Waals surface area (Å²) in [7, 11) is -2.87. The Morgan fingerprint density at radius 1 is 0.284 bits per heavy atom. The van der Waals surface area contributed by atoms with Crippen LogP contribution in [0.2, 0.25) is 0 Å². The van der Waals surface area contributed by atoms with Crippen molar-refractivity contribution in [1.29, 1.82) is 0 Å². The largest absolute Gasteiger partial charge is 0.309 e. The highest BCUT2D eigenvalue weighted by atomic mass is 28.3. The molecule has 0 fully saturated rings. The number of hydrogen-bond donors (Lipinski definition) is 0. The summed E-state index contributed by atoms with van der Waals surface area (Å²) in [5, 5.41) is 10.1. The molecule has 4 nitrogen and oxygen atoms in total. The lowest BCUT2D eigenvalue weighted by atomic mass is 10.0. The highest BCUT2D eigenvalue weighted by Crippen LogP contribution is 2.40. The van der Waals surface area contributed by atoms with Gasteiger partial charge in [0.2, 0.25) is 0 Å². The number of benzene rings is 10. The van der Waals surface area contributed by atoms with Crippen LogP contribution in [0.1, 0.15) is 0 Å². The van der Waals surface area contributed by atoms with Crippen molar-refractivity contribution in [3.63, 3.8) is 0 Å². The molecule has 3 aromatic heterocycles. The summed E-state index contributed by atoms with van der Waals surface area (Å²) in [5.41, 5.74) is 11.6. The normalized spacial score (nSPS) is 11.9. The van der Waals surface area contributed by atoms with Gasteiger partial charge in [0.05, 0.1) is 33.1 Å². The quantitative estimate of drug-likeness (QED) is 0.113. The summed E-state index contributed by atoms with van der Waals surface area (Å²) in [6, 6.07) is 92.8. The number of hydrogen-bond acceptors (Lipinski definition) is 2. The summed E-state index contributed by atoms with van der Waals surface area (Å²) in [6.45, 7) is 0. The first kappa shape index (κ1) is 38.8. The monoisotopic (exact) mass is 870 g/mol. The highest BCUT2D eigenvalue weighted by Gasteiger charge is 2.41. The van der Waals surface area contributed by atoms with E-state index in [-0.39, 0.29) is 0 Å². The van der Waals surface area contributed by atoms with Gasteiger partial charge >= 0.3 is 0 Å². The van der Waals surface area contributed by atoms with Crippen LogP contribution in [0.15, 0.2) is 255 Å². The maximum Gasteiger partial charge on any atom is 0.179 e. The number of fused-ring (bicyclic) bond motifs is 7. The van der Waals surface area contributed by atoms with Gasteiger partial charge in [-0.05, 0) is 92.5 Å². The Hall–Kier alpha value is -8.64. The maximum atomic E-state index is 5.49. The van der Waals surface area contributed by atoms with Gasteiger partial charge in [0.25, 0.3) is 0 Å². The van der Waals surface area contributed by atoms with E-state index in [2.05, 4.69) is 252 Å². The van der Waals surface area contributed by atoms with E-state index in [4.69, 9.17) is 9.97 Å². The predicted molar refractivity (Wildman–Crippen MR) is 283 cm³/mol. The van der Waals surface area contributed by atoms with Gasteiger partial charge in [-0.25, -0.2) is 9.97 Å². The summed E-state index contributed by atoms with van der Waals surface area (Å²) in [4.78, 5) is 10.8. The van der Waals surface area contributed by atoms with Gasteiger partial charge < -0.3 is 4.57 Å². The van der Waals surface area contributed by atoms with Crippen LogP contribution in [0.4, 0.5) is 0 Å². The molecule has 0 aliphatic rings. The molecule has 13 aromatic rings. The molecule has 3 heterocycles. The molecule has 0 saturated heterocycles. The van der Waals surface area contributed by atoms with E-state index in [1.165, 1.54) is 53.5 Å². The van der Waals surface area contributed by atoms with Crippen molar-refractivity contribution in [3.05, 3.63) is 255 Å². The van der Waals surface area contributed by atoms with Crippen LogP contribution < -0.4 is 20.7 Å². The van der Waals surface area contributed by atoms with E-state index in [0.29, 0.717) is 0 Å². The van der Waals surface area contributed by atoms with E-state index in [9.17, 15) is 0 Å². The second kappa shape index (κ2) is 15.8. The molecule has 0 spiro atoms. The van der Waals surface area contributed by atoms with Crippen LogP contribution in [-0.4, -0.2) is 27.2 Å². The van der Waals surface area contributed by atoms with Gasteiger partial charge in [-0.1, -0.05) is 194 Å². The first-order valence-electron chi connectivity index (χ1n) is 22.9. The molecule has 0 N–H and O–H groups in total. The van der Waals surface area contributed by atoms with Crippen LogP contribution >= 0.6 is 0 Å². The number of nitrogens with zero attached hydrogens (tertiary/aromatic N) is 4. The summed E-state index contributed by atoms with van der Waals surface area (Å²) in [5.74, 6) is 0.804. The van der Waals surface area contributed by atoms with Crippen LogP contribution in [0.25, 0.3) is 88.5 Å². The standard InChI is InChI=1S/C62H42N4Si/c1-6-20-43(21-7-1)61-62(64-56-32-18-17-31-55(56)63-61)66-59-38-35-45(44-34-37-58-52(40-44)51-30-16-19-33-57(51)65(58)46-22-8-2-9-23-46)41-53(59)54-42-50(36-39-60(54)66)67(47-24-10-3-11-25-47,48-26-12-4-13-27-48)49-28-14-5-15-29-49/h1-42H. The number of para-hydroxylation sites is 4. The molecule has 0 aliphatic heterocycles. The molecule has 0 amide bonds. The smallest absolute Gasteiger partial charge is 0.179 e. The van der Waals surface area contributed by atoms with Crippen molar-refractivity contribution in [1.82, 2.24) is 19.1 Å². The molecule has 0 aliphatic carbocycles. The summed E-state index contributed by atoms with van der Waals surface area (Å²) in [6.07, 6.45) is 0. The van der Waals surface area contributed by atoms with Crippen molar-refractivity contribution in [2.75, 3.05) is 0 Å². The van der Waals surface area contributed by atoms with Crippen LogP contribution in [0.3, 0.4) is 0 Å². The Morgan fingerprint density at radius 2 is 0.716 bits per heavy atom. The molecule has 0 atom stereocenters. The zero-order valence-corrected chi connectivity index (χ0v) is 37.5. The van der Waals surface area contributed by atoms with E-state index in [1.54, 1.807) is 0 Å². The molecule has 10 aromatic carbocycles. The Kier molecular flexibility index (Phi) is 9.15. The van der Waals surface area contributed by atoms with Gasteiger partial charge in [-0.2, -0.15) is 0 Å². The topological polar surface area (TPSA) is 35.6 Å². The zero-order valence-electron chi connectivity index (χ0n) is 36.5. The van der Waals surface area contributed by atoms with E-state index in [0.717, 1.165) is 55.8 Å². The van der Waals surface area contributed by atoms with Crippen molar-refractivity contribution in [2.24, 2.45) is 0 Å². The molecule has 0 unspecified atom stereocenters. The lowest BCUT2D eigenvalue weighted by Crippen LogP contribution is -2.74. The lowest BCUT2D eigenvalue weighted by molar-refractivity contribution is 1.08. The predicted octanol–water partition coefficient (Wildman–Crippen LogP) is 12.5. The van der Waals surface area contributed by atoms with Crippen molar-refractivity contribution in [3.8, 4) is 33.9 Å². The minimum Gasteiger partial charge on any atom is -0.309 e. The average molecular weight is 871 g/mol. The fourth-order valence-electron chi connectivity index (χ4n) is 10.7. The zero-order chi connectivity index (χ0) is 44.3. The molecule has 0 bridgehead atoms. The molecule has 0 saturated carbocycles. The maximum absolute atomic E-state index is 5.49. The molecule has 67 heavy (non-hydrogen) atoms. The van der Waals surface area contributed by atoms with Gasteiger partial charge in [-0.15, -0.1) is 0 Å². The fraction of sp³-hybridized carbons (Fsp3) is 0. The highest BCUT2D eigenvalue weighted by molar-refractivity contribution is 7.20. The van der Waals surface area contributed by atoms with E-state index >= 15 is 0 Å². The third-order valence-electron chi connectivity index (χ3n) is 13.6. The van der Waals surface area contributed by atoms with E-state index < -0.39 is 8.07 Å². The minimum atomic E-state index is -2.87. The van der Waals surface area contributed by atoms with Gasteiger partial charge in [-0.3, -0.25) is 4.57 Å². The number of rotatable bonds is 8. The summed E-state index contributed by atoms with van der Waals surface area (Å²) >= 11 is 0. The van der Waals surface area contributed by atoms with Gasteiger partial charge in [0.1, 0.15) is 5.69 Å². The first-order valence-corrected chi connectivity index (χ1v) is 24.9. The van der Waals surface area contributed by atoms with Crippen LogP contribution in [-0.2, 0) is 0 Å². The SMILES string of the molecule is c1ccc(-c2nc3ccccc3nc2-n2c3ccc(-c4ccc5c(c4)c4ccccc4n5-c4ccccc4)cc3c3cc([Si](c4ccccc4)(c4ccccc4)c4ccccc4)ccc32)cc1.